The van der Waals surface area contributed by atoms with E-state index in [1.54, 1.807) is 38.1 Å². The van der Waals surface area contributed by atoms with Crippen LogP contribution in [-0.2, 0) is 10.0 Å². The highest BCUT2D eigenvalue weighted by Crippen LogP contribution is 2.40. The lowest BCUT2D eigenvalue weighted by atomic mass is 9.87. The number of nitrogens with two attached hydrogens (primary N) is 1. The van der Waals surface area contributed by atoms with Gasteiger partial charge >= 0.3 is 0 Å². The largest absolute Gasteiger partial charge is 0.383 e. The zero-order chi connectivity index (χ0) is 21.0. The number of fused-ring (bicyclic) bond motifs is 1. The van der Waals surface area contributed by atoms with Crippen LogP contribution in [0.3, 0.4) is 0 Å². The predicted octanol–water partition coefficient (Wildman–Crippen LogP) is 2.82. The van der Waals surface area contributed by atoms with Crippen LogP contribution < -0.4 is 11.3 Å². The highest BCUT2D eigenvalue weighted by molar-refractivity contribution is 7.91. The lowest BCUT2D eigenvalue weighted by Gasteiger charge is -2.33. The number of nitrogens with zero attached hydrogens (tertiary/aromatic N) is 2. The van der Waals surface area contributed by atoms with Gasteiger partial charge in [-0.15, -0.1) is 0 Å². The molecule has 0 radical (unpaired) electrons. The van der Waals surface area contributed by atoms with Crippen molar-refractivity contribution in [2.45, 2.75) is 25.0 Å². The Labute approximate surface area is 166 Å². The fourth-order valence-electron chi connectivity index (χ4n) is 3.58. The van der Waals surface area contributed by atoms with Gasteiger partial charge in [-0.05, 0) is 49.6 Å². The van der Waals surface area contributed by atoms with Gasteiger partial charge in [-0.3, -0.25) is 4.79 Å². The number of H-pyrrole nitrogens is 1. The van der Waals surface area contributed by atoms with Crippen LogP contribution in [0.15, 0.2) is 59.3 Å². The summed E-state index contributed by atoms with van der Waals surface area (Å²) < 4.78 is 40.5. The molecule has 1 atom stereocenters. The average Bonchev–Trinajstić information content (AvgIpc) is 3.12. The zero-order valence-corrected chi connectivity index (χ0v) is 16.6. The van der Waals surface area contributed by atoms with Crippen LogP contribution in [0, 0.1) is 5.82 Å². The Balaban J connectivity index is 1.82. The molecule has 3 aromatic rings. The van der Waals surface area contributed by atoms with Crippen molar-refractivity contribution in [2.75, 3.05) is 5.73 Å². The number of pyridine rings is 2. The summed E-state index contributed by atoms with van der Waals surface area (Å²) in [7, 11) is -3.98. The van der Waals surface area contributed by atoms with E-state index in [4.69, 9.17) is 5.73 Å². The smallest absolute Gasteiger partial charge is 0.273 e. The molecule has 0 saturated carbocycles. The molecule has 0 saturated heterocycles. The molecule has 0 spiro atoms. The highest BCUT2D eigenvalue weighted by Gasteiger charge is 2.43. The van der Waals surface area contributed by atoms with E-state index in [-0.39, 0.29) is 17.8 Å². The Hall–Kier alpha value is -3.20. The summed E-state index contributed by atoms with van der Waals surface area (Å²) in [5, 5.41) is 0.535. The standard InChI is InChI=1S/C20H19FN4O3S/c1-12-9-14(16-10-15(21)11-24-18(16)22)3-6-20(12,2)29(27,28)25-8-5-13-4-7-23-19(26)17(13)25/h3-5,7-11H,6H2,1-2H3,(H2,22,24)(H,23,26). The van der Waals surface area contributed by atoms with Crippen LogP contribution >= 0.6 is 0 Å². The summed E-state index contributed by atoms with van der Waals surface area (Å²) in [6.07, 6.45) is 7.40. The van der Waals surface area contributed by atoms with Crippen molar-refractivity contribution in [3.05, 3.63) is 76.2 Å². The molecular weight excluding hydrogens is 395 g/mol. The number of nitrogen functional groups attached to an aromatic ring is 1. The maximum Gasteiger partial charge on any atom is 0.273 e. The lowest BCUT2D eigenvalue weighted by Crippen LogP contribution is -2.41. The Morgan fingerprint density at radius 3 is 2.83 bits per heavy atom. The summed E-state index contributed by atoms with van der Waals surface area (Å²) in [4.78, 5) is 18.6. The number of allylic oxidation sites excluding steroid dienone is 3. The van der Waals surface area contributed by atoms with Crippen molar-refractivity contribution in [1.29, 1.82) is 0 Å². The molecule has 7 nitrogen and oxygen atoms in total. The van der Waals surface area contributed by atoms with Crippen LogP contribution in [0.1, 0.15) is 25.8 Å². The van der Waals surface area contributed by atoms with Crippen molar-refractivity contribution in [3.63, 3.8) is 0 Å². The van der Waals surface area contributed by atoms with Crippen LogP contribution in [0.2, 0.25) is 0 Å². The maximum atomic E-state index is 13.6. The van der Waals surface area contributed by atoms with E-state index in [0.29, 0.717) is 22.1 Å². The molecule has 1 unspecified atom stereocenters. The third kappa shape index (κ3) is 2.80. The zero-order valence-electron chi connectivity index (χ0n) is 15.8. The first-order valence-electron chi connectivity index (χ1n) is 8.89. The van der Waals surface area contributed by atoms with Gasteiger partial charge < -0.3 is 10.7 Å². The number of aromatic amines is 1. The molecule has 150 valence electrons. The number of nitrogens with one attached hydrogen (secondary N) is 1. The van der Waals surface area contributed by atoms with Crippen molar-refractivity contribution in [1.82, 2.24) is 13.9 Å². The van der Waals surface area contributed by atoms with E-state index in [9.17, 15) is 17.6 Å². The van der Waals surface area contributed by atoms with Gasteiger partial charge in [0.05, 0.1) is 6.20 Å². The Morgan fingerprint density at radius 2 is 2.10 bits per heavy atom. The number of rotatable bonds is 3. The van der Waals surface area contributed by atoms with Gasteiger partial charge in [0, 0.05) is 23.3 Å². The Kier molecular flexibility index (Phi) is 4.23. The summed E-state index contributed by atoms with van der Waals surface area (Å²) in [6, 6.07) is 4.51. The van der Waals surface area contributed by atoms with Crippen molar-refractivity contribution in [2.24, 2.45) is 0 Å². The van der Waals surface area contributed by atoms with Crippen LogP contribution in [0.4, 0.5) is 10.2 Å². The van der Waals surface area contributed by atoms with Gasteiger partial charge in [0.1, 0.15) is 21.9 Å². The maximum absolute atomic E-state index is 13.6. The van der Waals surface area contributed by atoms with Crippen LogP contribution in [0.25, 0.3) is 16.5 Å². The third-order valence-corrected chi connectivity index (χ3v) is 7.97. The van der Waals surface area contributed by atoms with Gasteiger partial charge in [-0.25, -0.2) is 21.8 Å². The van der Waals surface area contributed by atoms with Crippen LogP contribution in [0.5, 0.6) is 0 Å². The van der Waals surface area contributed by atoms with E-state index >= 15 is 0 Å². The molecule has 4 rings (SSSR count). The first-order valence-corrected chi connectivity index (χ1v) is 10.3. The molecule has 3 N–H and O–H groups in total. The molecule has 9 heteroatoms. The van der Waals surface area contributed by atoms with Crippen molar-refractivity contribution < 1.29 is 12.8 Å². The minimum atomic E-state index is -3.98. The fraction of sp³-hybridized carbons (Fsp3) is 0.200. The lowest BCUT2D eigenvalue weighted by molar-refractivity contribution is 0.547. The van der Waals surface area contributed by atoms with E-state index in [1.807, 2.05) is 0 Å². The van der Waals surface area contributed by atoms with Crippen molar-refractivity contribution >= 4 is 32.3 Å². The number of anilines is 1. The van der Waals surface area contributed by atoms with E-state index < -0.39 is 26.1 Å². The van der Waals surface area contributed by atoms with Crippen molar-refractivity contribution in [3.8, 4) is 0 Å². The molecule has 0 bridgehead atoms. The minimum absolute atomic E-state index is 0.0786. The average molecular weight is 414 g/mol. The number of hydrogen-bond acceptors (Lipinski definition) is 5. The highest BCUT2D eigenvalue weighted by atomic mass is 32.2. The molecule has 3 aromatic heterocycles. The molecule has 0 fully saturated rings. The molecule has 0 amide bonds. The van der Waals surface area contributed by atoms with Gasteiger partial charge in [0.15, 0.2) is 0 Å². The van der Waals surface area contributed by atoms with Gasteiger partial charge in [-0.2, -0.15) is 0 Å². The summed E-state index contributed by atoms with van der Waals surface area (Å²) >= 11 is 0. The number of hydrogen-bond donors (Lipinski definition) is 2. The normalized spacial score (nSPS) is 19.8. The third-order valence-electron chi connectivity index (χ3n) is 5.52. The molecule has 1 aliphatic rings. The SMILES string of the molecule is CC1=CC(c2cc(F)cnc2N)=CCC1(C)S(=O)(=O)n1ccc2cc[nH]c(=O)c21. The van der Waals surface area contributed by atoms with Gasteiger partial charge in [0.2, 0.25) is 10.0 Å². The van der Waals surface area contributed by atoms with Crippen LogP contribution in [-0.4, -0.2) is 27.1 Å². The second-order valence-corrected chi connectivity index (χ2v) is 9.48. The molecule has 29 heavy (non-hydrogen) atoms. The molecule has 0 aliphatic heterocycles. The monoisotopic (exact) mass is 414 g/mol. The van der Waals surface area contributed by atoms with E-state index in [0.717, 1.165) is 10.2 Å². The van der Waals surface area contributed by atoms with Gasteiger partial charge in [0.25, 0.3) is 5.56 Å². The summed E-state index contributed by atoms with van der Waals surface area (Å²) in [6.45, 7) is 3.31. The number of aromatic nitrogens is 3. The first-order chi connectivity index (χ1) is 13.6. The second-order valence-electron chi connectivity index (χ2n) is 7.24. The molecular formula is C20H19FN4O3S. The minimum Gasteiger partial charge on any atom is -0.383 e. The predicted molar refractivity (Wildman–Crippen MR) is 110 cm³/mol. The second kappa shape index (κ2) is 6.41. The molecule has 3 heterocycles. The first kappa shape index (κ1) is 19.1. The van der Waals surface area contributed by atoms with Gasteiger partial charge in [-0.1, -0.05) is 12.2 Å². The molecule has 0 aromatic carbocycles. The quantitative estimate of drug-likeness (QED) is 0.685. The molecule has 1 aliphatic carbocycles. The summed E-state index contributed by atoms with van der Waals surface area (Å²) in [5.74, 6) is -0.365. The number of halogens is 1. The topological polar surface area (TPSA) is 111 Å². The Morgan fingerprint density at radius 1 is 1.34 bits per heavy atom. The Bertz CT molecular complexity index is 1370. The summed E-state index contributed by atoms with van der Waals surface area (Å²) in [5.41, 5.74) is 7.03. The van der Waals surface area contributed by atoms with E-state index in [2.05, 4.69) is 9.97 Å². The fourth-order valence-corrected chi connectivity index (χ4v) is 5.42. The van der Waals surface area contributed by atoms with E-state index in [1.165, 1.54) is 18.5 Å².